The molecule has 4 aliphatic rings. The summed E-state index contributed by atoms with van der Waals surface area (Å²) in [4.78, 5) is 19.3. The van der Waals surface area contributed by atoms with E-state index in [1.54, 1.807) is 24.3 Å². The van der Waals surface area contributed by atoms with Crippen molar-refractivity contribution in [2.24, 2.45) is 0 Å². The maximum atomic E-state index is 14.9. The van der Waals surface area contributed by atoms with Gasteiger partial charge >= 0.3 is 5.97 Å². The summed E-state index contributed by atoms with van der Waals surface area (Å²) in [6.07, 6.45) is 6.71. The summed E-state index contributed by atoms with van der Waals surface area (Å²) in [5, 5.41) is 18.8. The quantitative estimate of drug-likeness (QED) is 0.271. The molecule has 4 atom stereocenters. The topological polar surface area (TPSA) is 101 Å². The van der Waals surface area contributed by atoms with Crippen molar-refractivity contribution in [1.82, 2.24) is 14.5 Å². The fourth-order valence-electron chi connectivity index (χ4n) is 7.36. The number of carboxylic acids is 1. The van der Waals surface area contributed by atoms with Crippen molar-refractivity contribution < 1.29 is 23.8 Å². The number of benzene rings is 3. The third-order valence-corrected chi connectivity index (χ3v) is 12.3. The highest BCUT2D eigenvalue weighted by Gasteiger charge is 2.49. The highest BCUT2D eigenvalue weighted by atomic mass is 28.2. The minimum Gasteiger partial charge on any atom is -0.481 e. The van der Waals surface area contributed by atoms with Crippen molar-refractivity contribution in [2.75, 3.05) is 19.7 Å². The zero-order valence-electron chi connectivity index (χ0n) is 24.7. The molecule has 1 aromatic heterocycles. The number of piperidine rings is 1. The number of nitrogens with zero attached hydrogens (tertiary/aromatic N) is 4. The van der Waals surface area contributed by atoms with Crippen molar-refractivity contribution in [1.29, 1.82) is 5.26 Å². The van der Waals surface area contributed by atoms with Gasteiger partial charge in [0.2, 0.25) is 0 Å². The van der Waals surface area contributed by atoms with Crippen LogP contribution in [0.1, 0.15) is 75.4 Å². The molecule has 3 fully saturated rings. The summed E-state index contributed by atoms with van der Waals surface area (Å²) in [5.74, 6) is 0.774. The predicted octanol–water partition coefficient (Wildman–Crippen LogP) is 5.53. The Labute approximate surface area is 262 Å². The molecule has 4 aliphatic heterocycles. The molecule has 0 radical (unpaired) electrons. The van der Waals surface area contributed by atoms with Crippen LogP contribution in [0.15, 0.2) is 60.7 Å². The number of carbonyl (C=O) groups is 1. The van der Waals surface area contributed by atoms with Gasteiger partial charge in [0.15, 0.2) is 0 Å². The van der Waals surface area contributed by atoms with Crippen LogP contribution in [0.3, 0.4) is 0 Å². The van der Waals surface area contributed by atoms with Gasteiger partial charge < -0.3 is 19.1 Å². The molecule has 3 saturated heterocycles. The van der Waals surface area contributed by atoms with E-state index in [0.29, 0.717) is 34.4 Å². The number of rotatable bonds is 7. The molecule has 8 nitrogen and oxygen atoms in total. The first-order chi connectivity index (χ1) is 22.0. The summed E-state index contributed by atoms with van der Waals surface area (Å²) in [6.45, 7) is 3.37. The van der Waals surface area contributed by atoms with Crippen LogP contribution in [0.25, 0.3) is 17.1 Å². The SMILES string of the molecule is N#Cc1ccc(C2C=Cc3cccc(C4CCN(Cc5nc6ccc(C(=O)O)cc6n5C5[SiH2][C@@H]5C5CCO5)CC4)c3O2)c(F)c1. The van der Waals surface area contributed by atoms with E-state index in [1.807, 2.05) is 30.4 Å². The molecule has 0 amide bonds. The smallest absolute Gasteiger partial charge is 0.335 e. The predicted molar refractivity (Wildman–Crippen MR) is 170 cm³/mol. The van der Waals surface area contributed by atoms with Crippen LogP contribution < -0.4 is 4.74 Å². The standard InChI is InChI=1S/C35H33FN4O4Si/c36-26-16-20(18-37)4-7-25(26)29-9-6-22-2-1-3-24(32(22)44-29)21-10-13-39(14-11-21)19-31-38-27-8-5-23(35(41)42)17-28(27)40(31)34-33(45-34)30-12-15-43-30/h1-9,16-17,21,29-30,33-34H,10-15,19,45H2,(H,41,42)/t29?,30?,33-,34?/m1/s1. The minimum atomic E-state index is -0.920. The van der Waals surface area contributed by atoms with Crippen molar-refractivity contribution in [3.05, 3.63) is 100 Å². The zero-order valence-corrected chi connectivity index (χ0v) is 26.1. The van der Waals surface area contributed by atoms with Crippen LogP contribution in [0.5, 0.6) is 5.75 Å². The molecule has 3 aromatic carbocycles. The first-order valence-electron chi connectivity index (χ1n) is 15.7. The molecule has 0 saturated carbocycles. The van der Waals surface area contributed by atoms with Gasteiger partial charge in [0, 0.05) is 23.4 Å². The van der Waals surface area contributed by atoms with Gasteiger partial charge in [0.1, 0.15) is 23.5 Å². The summed E-state index contributed by atoms with van der Waals surface area (Å²) >= 11 is 0. The summed E-state index contributed by atoms with van der Waals surface area (Å²) < 4.78 is 29.5. The van der Waals surface area contributed by atoms with Crippen molar-refractivity contribution >= 4 is 32.6 Å². The van der Waals surface area contributed by atoms with Crippen LogP contribution in [0.2, 0.25) is 5.54 Å². The number of imidazole rings is 1. The molecule has 0 spiro atoms. The van der Waals surface area contributed by atoms with Gasteiger partial charge in [-0.25, -0.2) is 14.2 Å². The highest BCUT2D eigenvalue weighted by molar-refractivity contribution is 6.53. The second-order valence-corrected chi connectivity index (χ2v) is 14.9. The zero-order chi connectivity index (χ0) is 30.7. The number of ether oxygens (including phenoxy) is 2. The number of aromatic nitrogens is 2. The number of likely N-dealkylation sites (tertiary alicyclic amines) is 1. The Hall–Kier alpha value is -4.30. The fourth-order valence-corrected chi connectivity index (χ4v) is 9.57. The van der Waals surface area contributed by atoms with Crippen LogP contribution in [0, 0.1) is 17.1 Å². The number of carboxylic acid groups (broad SMARTS) is 1. The lowest BCUT2D eigenvalue weighted by molar-refractivity contribution is -0.0494. The second kappa shape index (κ2) is 11.2. The monoisotopic (exact) mass is 620 g/mol. The maximum absolute atomic E-state index is 14.9. The fraction of sp³-hybridized carbons (Fsp3) is 0.343. The van der Waals surface area contributed by atoms with Crippen molar-refractivity contribution in [2.45, 2.75) is 55.1 Å². The molecular weight excluding hydrogens is 587 g/mol. The largest absolute Gasteiger partial charge is 0.481 e. The van der Waals surface area contributed by atoms with Gasteiger partial charge in [-0.15, -0.1) is 0 Å². The average Bonchev–Trinajstić information content (AvgIpc) is 3.70. The molecule has 0 bridgehead atoms. The van der Waals surface area contributed by atoms with E-state index < -0.39 is 17.9 Å². The number of nitriles is 1. The van der Waals surface area contributed by atoms with Crippen LogP contribution in [-0.4, -0.2) is 60.8 Å². The Balaban J connectivity index is 1.00. The van der Waals surface area contributed by atoms with Crippen molar-refractivity contribution in [3.63, 3.8) is 0 Å². The molecule has 4 aromatic rings. The molecule has 45 heavy (non-hydrogen) atoms. The number of hydrogen-bond acceptors (Lipinski definition) is 6. The van der Waals surface area contributed by atoms with E-state index >= 15 is 0 Å². The number of halogens is 1. The lowest BCUT2D eigenvalue weighted by atomic mass is 9.87. The summed E-state index contributed by atoms with van der Waals surface area (Å²) in [6, 6.07) is 18.0. The number of aromatic carboxylic acids is 1. The van der Waals surface area contributed by atoms with Gasteiger partial charge in [-0.05, 0) is 85.8 Å². The van der Waals surface area contributed by atoms with Crippen molar-refractivity contribution in [3.8, 4) is 11.8 Å². The van der Waals surface area contributed by atoms with E-state index in [-0.39, 0.29) is 15.1 Å². The molecular formula is C35H33FN4O4Si. The average molecular weight is 621 g/mol. The normalized spacial score (nSPS) is 25.0. The minimum absolute atomic E-state index is 0.288. The van der Waals surface area contributed by atoms with E-state index in [0.717, 1.165) is 79.2 Å². The van der Waals surface area contributed by atoms with Gasteiger partial charge in [-0.3, -0.25) is 4.90 Å². The second-order valence-electron chi connectivity index (χ2n) is 12.6. The number of para-hydroxylation sites is 1. The Morgan fingerprint density at radius 2 is 1.96 bits per heavy atom. The maximum Gasteiger partial charge on any atom is 0.335 e. The molecule has 3 unspecified atom stereocenters. The molecule has 1 N–H and O–H groups in total. The Morgan fingerprint density at radius 3 is 2.69 bits per heavy atom. The Morgan fingerprint density at radius 1 is 1.11 bits per heavy atom. The molecule has 10 heteroatoms. The van der Waals surface area contributed by atoms with E-state index in [2.05, 4.69) is 21.6 Å². The molecule has 5 heterocycles. The van der Waals surface area contributed by atoms with Gasteiger partial charge in [-0.2, -0.15) is 5.26 Å². The van der Waals surface area contributed by atoms with E-state index in [1.165, 1.54) is 6.07 Å². The Bertz CT molecular complexity index is 1890. The first-order valence-corrected chi connectivity index (χ1v) is 17.4. The van der Waals surface area contributed by atoms with Crippen LogP contribution in [-0.2, 0) is 11.3 Å². The van der Waals surface area contributed by atoms with Gasteiger partial charge in [0.25, 0.3) is 0 Å². The van der Waals surface area contributed by atoms with Crippen LogP contribution in [0.4, 0.5) is 4.39 Å². The highest BCUT2D eigenvalue weighted by Crippen LogP contribution is 2.49. The molecule has 8 rings (SSSR count). The van der Waals surface area contributed by atoms with E-state index in [4.69, 9.17) is 19.7 Å². The third kappa shape index (κ3) is 5.15. The summed E-state index contributed by atoms with van der Waals surface area (Å²) in [7, 11) is -0.367. The van der Waals surface area contributed by atoms with Crippen LogP contribution >= 0.6 is 0 Å². The first kappa shape index (κ1) is 28.2. The number of hydrogen-bond donors (Lipinski definition) is 1. The Kier molecular flexibility index (Phi) is 7.05. The van der Waals surface area contributed by atoms with Gasteiger partial charge in [-0.1, -0.05) is 30.3 Å². The third-order valence-electron chi connectivity index (χ3n) is 9.96. The lowest BCUT2D eigenvalue weighted by Crippen LogP contribution is -2.33. The lowest BCUT2D eigenvalue weighted by Gasteiger charge is -2.34. The molecule has 228 valence electrons. The summed E-state index contributed by atoms with van der Waals surface area (Å²) in [5.41, 5.74) is 5.94. The van der Waals surface area contributed by atoms with E-state index in [9.17, 15) is 14.3 Å². The number of fused-ring (bicyclic) bond motifs is 2. The molecule has 0 aliphatic carbocycles. The van der Waals surface area contributed by atoms with Gasteiger partial charge in [0.05, 0.1) is 50.4 Å².